The van der Waals surface area contributed by atoms with Gasteiger partial charge in [0.2, 0.25) is 0 Å². The number of rotatable bonds is 17. The SMILES string of the molecule is CCCCC(C)(O)C/C=C/C1C(O)CC(=O)C1CCCCCCC(=O)OC.O=C([O-])Cc1ccccc1Nc1c(Cl)cccc1Cl.[Na+]. The van der Waals surface area contributed by atoms with Crippen molar-refractivity contribution in [1.29, 1.82) is 0 Å². The molecule has 1 fully saturated rings. The van der Waals surface area contributed by atoms with Crippen LogP contribution in [0.5, 0.6) is 0 Å². The molecular weight excluding hydrogens is 652 g/mol. The van der Waals surface area contributed by atoms with Crippen molar-refractivity contribution in [3.63, 3.8) is 0 Å². The molecule has 2 aromatic rings. The van der Waals surface area contributed by atoms with Crippen molar-refractivity contribution in [3.05, 3.63) is 70.2 Å². The van der Waals surface area contributed by atoms with Crippen LogP contribution in [0.25, 0.3) is 0 Å². The number of nitrogens with one attached hydrogen (secondary N) is 1. The minimum absolute atomic E-state index is 0. The number of para-hydroxylation sites is 2. The third-order valence-corrected chi connectivity index (χ3v) is 8.80. The van der Waals surface area contributed by atoms with Gasteiger partial charge in [-0.15, -0.1) is 0 Å². The molecule has 0 amide bonds. The van der Waals surface area contributed by atoms with Crippen LogP contribution >= 0.6 is 23.2 Å². The summed E-state index contributed by atoms with van der Waals surface area (Å²) in [5, 5.41) is 35.3. The number of carbonyl (C=O) groups is 3. The second-order valence-electron chi connectivity index (χ2n) is 12.1. The Kier molecular flexibility index (Phi) is 20.8. The number of carbonyl (C=O) groups excluding carboxylic acids is 3. The Bertz CT molecular complexity index is 1280. The number of hydrogen-bond acceptors (Lipinski definition) is 8. The first-order valence-corrected chi connectivity index (χ1v) is 16.8. The van der Waals surface area contributed by atoms with E-state index >= 15 is 0 Å². The van der Waals surface area contributed by atoms with E-state index in [2.05, 4.69) is 17.0 Å². The number of esters is 1. The fourth-order valence-electron chi connectivity index (χ4n) is 5.52. The van der Waals surface area contributed by atoms with Gasteiger partial charge in [-0.3, -0.25) is 9.59 Å². The summed E-state index contributed by atoms with van der Waals surface area (Å²) in [6.07, 6.45) is 11.5. The Morgan fingerprint density at radius 3 is 2.36 bits per heavy atom. The van der Waals surface area contributed by atoms with Gasteiger partial charge < -0.3 is 30.2 Å². The average Bonchev–Trinajstić information content (AvgIpc) is 3.27. The minimum Gasteiger partial charge on any atom is -0.550 e. The van der Waals surface area contributed by atoms with Gasteiger partial charge in [-0.25, -0.2) is 0 Å². The average molecular weight is 701 g/mol. The molecule has 0 radical (unpaired) electrons. The largest absolute Gasteiger partial charge is 1.00 e. The molecule has 1 aliphatic rings. The van der Waals surface area contributed by atoms with Crippen LogP contribution in [0.2, 0.25) is 10.0 Å². The number of carboxylic acids is 1. The molecule has 0 aliphatic heterocycles. The molecule has 0 spiro atoms. The zero-order valence-electron chi connectivity index (χ0n) is 28.1. The minimum atomic E-state index is -1.14. The number of Topliss-reactive ketones (excluding diaryl/α,β-unsaturated/α-hetero) is 1. The Morgan fingerprint density at radius 2 is 1.72 bits per heavy atom. The summed E-state index contributed by atoms with van der Waals surface area (Å²) in [7, 11) is 1.40. The fourth-order valence-corrected chi connectivity index (χ4v) is 6.02. The standard InChI is InChI=1S/C22H38O5.C14H11Cl2NO2.Na/c1-4-5-14-22(2,26)15-10-12-18-17(19(23)16-20(18)24)11-8-6-7-9-13-21(25)27-3;15-10-5-3-6-11(16)14(10)17-12-7-2-1-4-9(12)8-13(18)19;/h10,12,17-18,20,24,26H,4-9,11,13-16H2,1-3H3;1-7,17H,8H2,(H,18,19);/q;;+1/p-1/b12-10+;;. The zero-order chi connectivity index (χ0) is 34.1. The smallest absolute Gasteiger partial charge is 0.550 e. The van der Waals surface area contributed by atoms with Crippen molar-refractivity contribution >= 4 is 52.3 Å². The van der Waals surface area contributed by atoms with Crippen molar-refractivity contribution < 1.29 is 64.0 Å². The molecule has 0 bridgehead atoms. The number of aliphatic hydroxyl groups is 2. The third kappa shape index (κ3) is 15.9. The quantitative estimate of drug-likeness (QED) is 0.0977. The number of ketones is 1. The summed E-state index contributed by atoms with van der Waals surface area (Å²) >= 11 is 12.1. The van der Waals surface area contributed by atoms with E-state index in [0.717, 1.165) is 51.4 Å². The predicted molar refractivity (Wildman–Crippen MR) is 181 cm³/mol. The Morgan fingerprint density at radius 1 is 1.06 bits per heavy atom. The number of aliphatic hydroxyl groups excluding tert-OH is 1. The molecule has 3 rings (SSSR count). The molecule has 0 saturated heterocycles. The van der Waals surface area contributed by atoms with E-state index in [0.29, 0.717) is 39.8 Å². The molecule has 47 heavy (non-hydrogen) atoms. The number of carboxylic acid groups (broad SMARTS) is 1. The van der Waals surface area contributed by atoms with Crippen LogP contribution in [0.15, 0.2) is 54.6 Å². The first kappa shape index (κ1) is 43.1. The monoisotopic (exact) mass is 699 g/mol. The van der Waals surface area contributed by atoms with Crippen LogP contribution in [0.1, 0.15) is 90.0 Å². The summed E-state index contributed by atoms with van der Waals surface area (Å²) in [6, 6.07) is 12.2. The number of halogens is 2. The van der Waals surface area contributed by atoms with Crippen LogP contribution in [-0.2, 0) is 25.5 Å². The summed E-state index contributed by atoms with van der Waals surface area (Å²) in [5.41, 5.74) is 1.08. The first-order chi connectivity index (χ1) is 21.9. The van der Waals surface area contributed by atoms with Gasteiger partial charge in [0.05, 0.1) is 34.5 Å². The Labute approximate surface area is 311 Å². The van der Waals surface area contributed by atoms with Gasteiger partial charge in [-0.05, 0) is 56.4 Å². The number of methoxy groups -OCH3 is 1. The second kappa shape index (κ2) is 22.7. The van der Waals surface area contributed by atoms with Gasteiger partial charge in [-0.2, -0.15) is 0 Å². The number of anilines is 2. The van der Waals surface area contributed by atoms with Gasteiger partial charge in [0.15, 0.2) is 0 Å². The van der Waals surface area contributed by atoms with Gasteiger partial charge in [0.1, 0.15) is 5.78 Å². The van der Waals surface area contributed by atoms with Crippen LogP contribution in [0.4, 0.5) is 11.4 Å². The van der Waals surface area contributed by atoms with E-state index in [1.807, 2.05) is 19.1 Å². The molecular formula is C36H48Cl2NNaO7. The molecule has 3 N–H and O–H groups in total. The van der Waals surface area contributed by atoms with Gasteiger partial charge in [-0.1, -0.05) is 98.6 Å². The fraction of sp³-hybridized carbons (Fsp3) is 0.528. The maximum Gasteiger partial charge on any atom is 1.00 e. The molecule has 1 saturated carbocycles. The van der Waals surface area contributed by atoms with E-state index in [1.165, 1.54) is 7.11 Å². The summed E-state index contributed by atoms with van der Waals surface area (Å²) in [5.74, 6) is -1.44. The maximum atomic E-state index is 12.2. The predicted octanol–water partition coefficient (Wildman–Crippen LogP) is 3.99. The molecule has 0 aromatic heterocycles. The van der Waals surface area contributed by atoms with Crippen molar-refractivity contribution in [2.24, 2.45) is 11.8 Å². The van der Waals surface area contributed by atoms with Crippen molar-refractivity contribution in [1.82, 2.24) is 0 Å². The van der Waals surface area contributed by atoms with Crippen LogP contribution in [0, 0.1) is 11.8 Å². The normalized spacial score (nSPS) is 18.5. The number of ether oxygens (including phenoxy) is 1. The third-order valence-electron chi connectivity index (χ3n) is 8.17. The van der Waals surface area contributed by atoms with E-state index < -0.39 is 17.7 Å². The number of benzene rings is 2. The van der Waals surface area contributed by atoms with E-state index in [1.54, 1.807) is 42.5 Å². The van der Waals surface area contributed by atoms with Gasteiger partial charge >= 0.3 is 35.5 Å². The number of unbranched alkanes of at least 4 members (excludes halogenated alkanes) is 4. The van der Waals surface area contributed by atoms with E-state index in [-0.39, 0.29) is 66.0 Å². The second-order valence-corrected chi connectivity index (χ2v) is 12.9. The van der Waals surface area contributed by atoms with Gasteiger partial charge in [0, 0.05) is 42.8 Å². The van der Waals surface area contributed by atoms with Crippen molar-refractivity contribution in [3.8, 4) is 0 Å². The first-order valence-electron chi connectivity index (χ1n) is 16.0. The van der Waals surface area contributed by atoms with Crippen LogP contribution < -0.4 is 40.0 Å². The maximum absolute atomic E-state index is 12.2. The molecule has 4 unspecified atom stereocenters. The number of aliphatic carboxylic acids is 1. The van der Waals surface area contributed by atoms with Crippen LogP contribution in [-0.4, -0.2) is 46.7 Å². The van der Waals surface area contributed by atoms with Crippen LogP contribution in [0.3, 0.4) is 0 Å². The van der Waals surface area contributed by atoms with Crippen molar-refractivity contribution in [2.75, 3.05) is 12.4 Å². The molecule has 254 valence electrons. The molecule has 11 heteroatoms. The molecule has 4 atom stereocenters. The summed E-state index contributed by atoms with van der Waals surface area (Å²) in [4.78, 5) is 34.0. The Balaban J connectivity index is 0.000000485. The molecule has 0 heterocycles. The molecule has 8 nitrogen and oxygen atoms in total. The molecule has 1 aliphatic carbocycles. The topological polar surface area (TPSA) is 136 Å². The summed E-state index contributed by atoms with van der Waals surface area (Å²) in [6.45, 7) is 3.95. The summed E-state index contributed by atoms with van der Waals surface area (Å²) < 4.78 is 4.62. The molecule has 2 aromatic carbocycles. The number of hydrogen-bond donors (Lipinski definition) is 3. The van der Waals surface area contributed by atoms with E-state index in [4.69, 9.17) is 23.2 Å². The van der Waals surface area contributed by atoms with E-state index in [9.17, 15) is 29.7 Å². The van der Waals surface area contributed by atoms with Crippen molar-refractivity contribution in [2.45, 2.75) is 103 Å². The Hall–Kier alpha value is -1.91. The zero-order valence-corrected chi connectivity index (χ0v) is 31.6. The van der Waals surface area contributed by atoms with Gasteiger partial charge in [0.25, 0.3) is 0 Å².